The van der Waals surface area contributed by atoms with Crippen LogP contribution in [0.2, 0.25) is 5.02 Å². The molecule has 1 aliphatic rings. The molecule has 1 aliphatic heterocycles. The van der Waals surface area contributed by atoms with E-state index in [0.29, 0.717) is 44.5 Å². The lowest BCUT2D eigenvalue weighted by atomic mass is 9.93. The third-order valence-electron chi connectivity index (χ3n) is 6.54. The van der Waals surface area contributed by atoms with Crippen molar-refractivity contribution in [2.24, 2.45) is 5.92 Å². The van der Waals surface area contributed by atoms with Gasteiger partial charge in [-0.25, -0.2) is 9.97 Å². The Bertz CT molecular complexity index is 1550. The largest absolute Gasteiger partial charge is 0.441 e. The number of aromatic nitrogens is 2. The number of nitrogens with zero attached hydrogens (tertiary/aromatic N) is 4. The first-order chi connectivity index (χ1) is 18.5. The Morgan fingerprint density at radius 3 is 2.39 bits per heavy atom. The van der Waals surface area contributed by atoms with Crippen LogP contribution in [-0.2, 0) is 16.9 Å². The molecule has 1 saturated heterocycles. The van der Waals surface area contributed by atoms with Gasteiger partial charge in [-0.3, -0.25) is 0 Å². The van der Waals surface area contributed by atoms with Gasteiger partial charge in [0.05, 0.1) is 11.3 Å². The number of pyridine rings is 1. The highest BCUT2D eigenvalue weighted by atomic mass is 35.5. The van der Waals surface area contributed by atoms with Gasteiger partial charge in [0, 0.05) is 35.1 Å². The summed E-state index contributed by atoms with van der Waals surface area (Å²) in [5, 5.41) is 21.1. The summed E-state index contributed by atoms with van der Waals surface area (Å²) in [6.07, 6.45) is 2.00. The average molecular weight is 542 g/mol. The second-order valence-corrected chi connectivity index (χ2v) is 10.5. The van der Waals surface area contributed by atoms with Gasteiger partial charge >= 0.3 is 0 Å². The molecule has 2 N–H and O–H groups in total. The van der Waals surface area contributed by atoms with Crippen LogP contribution in [0.25, 0.3) is 22.6 Å². The van der Waals surface area contributed by atoms with Crippen LogP contribution < -0.4 is 5.73 Å². The average Bonchev–Trinajstić information content (AvgIpc) is 3.57. The number of benzene rings is 2. The number of rotatable bonds is 7. The fourth-order valence-corrected chi connectivity index (χ4v) is 5.61. The summed E-state index contributed by atoms with van der Waals surface area (Å²) >= 11 is 7.33. The van der Waals surface area contributed by atoms with Crippen LogP contribution in [0.15, 0.2) is 58.0 Å². The fraction of sp³-hybridized carbons (Fsp3) is 0.241. The van der Waals surface area contributed by atoms with Crippen LogP contribution >= 0.6 is 23.4 Å². The Kier molecular flexibility index (Phi) is 7.67. The summed E-state index contributed by atoms with van der Waals surface area (Å²) in [6.45, 7) is 3.44. The number of halogens is 1. The summed E-state index contributed by atoms with van der Waals surface area (Å²) in [7, 11) is 0. The smallest absolute Gasteiger partial charge is 0.226 e. The summed E-state index contributed by atoms with van der Waals surface area (Å²) in [4.78, 5) is 9.05. The molecular formula is C29H24ClN5O2S. The molecule has 0 saturated carbocycles. The SMILES string of the molecule is Cc1oc(-c2ccc(Cl)cc2)nc1CSc1nc(N)c(C#N)c(-c2ccc(CC3CCOC3)cc2)c1C#N. The van der Waals surface area contributed by atoms with E-state index in [1.54, 1.807) is 12.1 Å². The van der Waals surface area contributed by atoms with E-state index in [9.17, 15) is 10.5 Å². The number of aryl methyl sites for hydroxylation is 1. The molecule has 0 amide bonds. The number of thioether (sulfide) groups is 1. The molecule has 7 nitrogen and oxygen atoms in total. The molecule has 190 valence electrons. The van der Waals surface area contributed by atoms with Crippen LogP contribution in [0.5, 0.6) is 0 Å². The third-order valence-corrected chi connectivity index (χ3v) is 7.77. The van der Waals surface area contributed by atoms with Crippen molar-refractivity contribution in [2.75, 3.05) is 18.9 Å². The molecule has 5 rings (SSSR count). The van der Waals surface area contributed by atoms with E-state index in [2.05, 4.69) is 22.1 Å². The zero-order valence-corrected chi connectivity index (χ0v) is 22.3. The van der Waals surface area contributed by atoms with E-state index < -0.39 is 0 Å². The molecule has 0 bridgehead atoms. The van der Waals surface area contributed by atoms with E-state index >= 15 is 0 Å². The Morgan fingerprint density at radius 1 is 1.03 bits per heavy atom. The standard InChI is InChI=1S/C29H24ClN5O2S/c1-17-25(34-28(37-17)21-6-8-22(30)9-7-21)16-38-29-24(14-32)26(23(13-31)27(33)35-29)20-4-2-18(3-5-20)12-19-10-11-36-15-19/h2-9,19H,10-12,15-16H2,1H3,(H2,33,35). The highest BCUT2D eigenvalue weighted by Gasteiger charge is 2.22. The molecule has 1 unspecified atom stereocenters. The lowest BCUT2D eigenvalue weighted by Crippen LogP contribution is -2.05. The van der Waals surface area contributed by atoms with E-state index in [1.165, 1.54) is 17.3 Å². The summed E-state index contributed by atoms with van der Waals surface area (Å²) in [5.74, 6) is 2.19. The second-order valence-electron chi connectivity index (χ2n) is 9.10. The Balaban J connectivity index is 1.43. The molecule has 1 atom stereocenters. The molecule has 3 heterocycles. The first kappa shape index (κ1) is 25.8. The minimum Gasteiger partial charge on any atom is -0.441 e. The van der Waals surface area contributed by atoms with Gasteiger partial charge in [-0.15, -0.1) is 0 Å². The Morgan fingerprint density at radius 2 is 1.74 bits per heavy atom. The minimum absolute atomic E-state index is 0.0925. The molecule has 1 fully saturated rings. The topological polar surface area (TPSA) is 122 Å². The predicted molar refractivity (Wildman–Crippen MR) is 147 cm³/mol. The van der Waals surface area contributed by atoms with Crippen molar-refractivity contribution in [1.29, 1.82) is 10.5 Å². The zero-order valence-electron chi connectivity index (χ0n) is 20.7. The predicted octanol–water partition coefficient (Wildman–Crippen LogP) is 6.56. The zero-order chi connectivity index (χ0) is 26.6. The number of nitriles is 2. The number of hydrogen-bond acceptors (Lipinski definition) is 8. The van der Waals surface area contributed by atoms with Crippen molar-refractivity contribution < 1.29 is 9.15 Å². The lowest BCUT2D eigenvalue weighted by molar-refractivity contribution is 0.186. The summed E-state index contributed by atoms with van der Waals surface area (Å²) in [5.41, 5.74) is 10.7. The van der Waals surface area contributed by atoms with Gasteiger partial charge in [0.25, 0.3) is 0 Å². The van der Waals surface area contributed by atoms with Crippen molar-refractivity contribution in [3.8, 4) is 34.7 Å². The van der Waals surface area contributed by atoms with Crippen LogP contribution in [0.4, 0.5) is 5.82 Å². The summed E-state index contributed by atoms with van der Waals surface area (Å²) < 4.78 is 11.4. The molecule has 0 spiro atoms. The first-order valence-electron chi connectivity index (χ1n) is 12.1. The van der Waals surface area contributed by atoms with Crippen molar-refractivity contribution in [2.45, 2.75) is 30.5 Å². The number of ether oxygens (including phenoxy) is 1. The molecule has 0 radical (unpaired) electrons. The van der Waals surface area contributed by atoms with Crippen molar-refractivity contribution >= 4 is 29.2 Å². The van der Waals surface area contributed by atoms with Crippen molar-refractivity contribution in [3.63, 3.8) is 0 Å². The van der Waals surface area contributed by atoms with Gasteiger partial charge in [0.15, 0.2) is 0 Å². The molecule has 38 heavy (non-hydrogen) atoms. The highest BCUT2D eigenvalue weighted by molar-refractivity contribution is 7.98. The molecule has 2 aromatic heterocycles. The lowest BCUT2D eigenvalue weighted by Gasteiger charge is -2.14. The number of nitrogen functional groups attached to an aromatic ring is 1. The second kappa shape index (κ2) is 11.3. The Labute approximate surface area is 230 Å². The minimum atomic E-state index is 0.0925. The summed E-state index contributed by atoms with van der Waals surface area (Å²) in [6, 6.07) is 19.6. The fourth-order valence-electron chi connectivity index (χ4n) is 4.49. The maximum Gasteiger partial charge on any atom is 0.226 e. The Hall–Kier alpha value is -3.82. The van der Waals surface area contributed by atoms with Crippen LogP contribution in [0.3, 0.4) is 0 Å². The molecule has 0 aliphatic carbocycles. The third kappa shape index (κ3) is 5.39. The highest BCUT2D eigenvalue weighted by Crippen LogP contribution is 2.37. The van der Waals surface area contributed by atoms with E-state index in [0.717, 1.165) is 42.9 Å². The molecule has 4 aromatic rings. The van der Waals surface area contributed by atoms with Gasteiger partial charge in [-0.1, -0.05) is 47.6 Å². The van der Waals surface area contributed by atoms with Gasteiger partial charge < -0.3 is 14.9 Å². The van der Waals surface area contributed by atoms with Crippen LogP contribution in [0, 0.1) is 35.5 Å². The van der Waals surface area contributed by atoms with Gasteiger partial charge in [0.1, 0.15) is 34.3 Å². The van der Waals surface area contributed by atoms with Gasteiger partial charge in [-0.05, 0) is 61.1 Å². The number of anilines is 1. The van der Waals surface area contributed by atoms with Gasteiger partial charge in [-0.2, -0.15) is 10.5 Å². The first-order valence-corrected chi connectivity index (χ1v) is 13.5. The number of nitrogens with two attached hydrogens (primary N) is 1. The maximum atomic E-state index is 10.1. The van der Waals surface area contributed by atoms with Crippen LogP contribution in [-0.4, -0.2) is 23.2 Å². The van der Waals surface area contributed by atoms with Gasteiger partial charge in [0.2, 0.25) is 5.89 Å². The van der Waals surface area contributed by atoms with Crippen molar-refractivity contribution in [3.05, 3.63) is 81.7 Å². The monoisotopic (exact) mass is 541 g/mol. The normalized spacial score (nSPS) is 14.8. The quantitative estimate of drug-likeness (QED) is 0.261. The van der Waals surface area contributed by atoms with Crippen molar-refractivity contribution in [1.82, 2.24) is 9.97 Å². The van der Waals surface area contributed by atoms with Crippen LogP contribution in [0.1, 0.15) is 34.6 Å². The van der Waals surface area contributed by atoms with E-state index in [-0.39, 0.29) is 11.4 Å². The molecular weight excluding hydrogens is 518 g/mol. The number of hydrogen-bond donors (Lipinski definition) is 1. The molecule has 9 heteroatoms. The molecule has 2 aromatic carbocycles. The maximum absolute atomic E-state index is 10.1. The number of oxazole rings is 1. The van der Waals surface area contributed by atoms with E-state index in [1.807, 2.05) is 43.3 Å². The van der Waals surface area contributed by atoms with E-state index in [4.69, 9.17) is 26.5 Å².